The van der Waals surface area contributed by atoms with E-state index >= 15 is 0 Å². The van der Waals surface area contributed by atoms with E-state index in [1.54, 1.807) is 11.1 Å². The van der Waals surface area contributed by atoms with Crippen LogP contribution < -0.4 is 5.32 Å². The van der Waals surface area contributed by atoms with Gasteiger partial charge in [-0.1, -0.05) is 24.3 Å². The molecule has 2 atom stereocenters. The molecule has 0 amide bonds. The predicted octanol–water partition coefficient (Wildman–Crippen LogP) is 1.56. The number of rotatable bonds is 0. The van der Waals surface area contributed by atoms with Crippen LogP contribution in [0.3, 0.4) is 0 Å². The summed E-state index contributed by atoms with van der Waals surface area (Å²) in [4.78, 5) is 0. The Kier molecular flexibility index (Phi) is 1.30. The minimum absolute atomic E-state index is 0.765. The lowest BCUT2D eigenvalue weighted by molar-refractivity contribution is 0.564. The van der Waals surface area contributed by atoms with E-state index in [9.17, 15) is 0 Å². The molecule has 1 aliphatic heterocycles. The van der Waals surface area contributed by atoms with Gasteiger partial charge in [0, 0.05) is 19.0 Å². The van der Waals surface area contributed by atoms with E-state index in [2.05, 4.69) is 29.6 Å². The fourth-order valence-electron chi connectivity index (χ4n) is 2.58. The maximum Gasteiger partial charge on any atom is 0.0205 e. The first kappa shape index (κ1) is 6.67. The Morgan fingerprint density at radius 1 is 1.17 bits per heavy atom. The van der Waals surface area contributed by atoms with Gasteiger partial charge in [0.2, 0.25) is 0 Å². The summed E-state index contributed by atoms with van der Waals surface area (Å²) >= 11 is 0. The summed E-state index contributed by atoms with van der Waals surface area (Å²) in [5, 5.41) is 4.47. The standard InChI is InChI=1S/C11H12N/c1-2-4-10-8(3-1)5-9-6-12-7-11(9)10/h1-4,9,11H,5-7H2. The summed E-state index contributed by atoms with van der Waals surface area (Å²) in [7, 11) is 0. The molecule has 1 saturated heterocycles. The van der Waals surface area contributed by atoms with Gasteiger partial charge in [-0.2, -0.15) is 0 Å². The Labute approximate surface area is 72.8 Å². The molecule has 0 saturated carbocycles. The molecule has 1 aromatic rings. The van der Waals surface area contributed by atoms with Crippen LogP contribution in [-0.2, 0) is 6.42 Å². The monoisotopic (exact) mass is 158 g/mol. The Bertz CT molecular complexity index is 306. The lowest BCUT2D eigenvalue weighted by atomic mass is 9.97. The summed E-state index contributed by atoms with van der Waals surface area (Å²) < 4.78 is 0. The van der Waals surface area contributed by atoms with Crippen molar-refractivity contribution in [2.45, 2.75) is 12.3 Å². The fraction of sp³-hybridized carbons (Fsp3) is 0.455. The van der Waals surface area contributed by atoms with Crippen molar-refractivity contribution >= 4 is 0 Å². The Hall–Kier alpha value is -0.820. The molecule has 1 aromatic carbocycles. The number of fused-ring (bicyclic) bond motifs is 3. The van der Waals surface area contributed by atoms with E-state index in [0.29, 0.717) is 0 Å². The SMILES string of the molecule is c1ccc2c(c1)CC1C[N]CC21. The van der Waals surface area contributed by atoms with Gasteiger partial charge in [0.05, 0.1) is 0 Å². The predicted molar refractivity (Wildman–Crippen MR) is 48.2 cm³/mol. The molecule has 0 N–H and O–H groups in total. The van der Waals surface area contributed by atoms with Crippen LogP contribution in [0.1, 0.15) is 17.0 Å². The van der Waals surface area contributed by atoms with Gasteiger partial charge in [0.15, 0.2) is 0 Å². The molecule has 2 aliphatic rings. The van der Waals surface area contributed by atoms with Crippen LogP contribution in [0.4, 0.5) is 0 Å². The lowest BCUT2D eigenvalue weighted by Gasteiger charge is -2.06. The molecule has 12 heavy (non-hydrogen) atoms. The van der Waals surface area contributed by atoms with Crippen molar-refractivity contribution in [3.05, 3.63) is 35.4 Å². The number of hydrogen-bond donors (Lipinski definition) is 0. The molecule has 1 heteroatoms. The first-order valence-corrected chi connectivity index (χ1v) is 4.66. The Morgan fingerprint density at radius 2 is 2.08 bits per heavy atom. The van der Waals surface area contributed by atoms with Gasteiger partial charge in [-0.25, -0.2) is 5.32 Å². The van der Waals surface area contributed by atoms with Gasteiger partial charge in [0.25, 0.3) is 0 Å². The van der Waals surface area contributed by atoms with Crippen LogP contribution in [0.25, 0.3) is 0 Å². The molecule has 0 spiro atoms. The van der Waals surface area contributed by atoms with E-state index in [0.717, 1.165) is 24.9 Å². The van der Waals surface area contributed by atoms with E-state index in [1.165, 1.54) is 6.42 Å². The van der Waals surface area contributed by atoms with Gasteiger partial charge in [-0.05, 0) is 23.5 Å². The lowest BCUT2D eigenvalue weighted by Crippen LogP contribution is -2.03. The van der Waals surface area contributed by atoms with Gasteiger partial charge in [-0.15, -0.1) is 0 Å². The molecular formula is C11H12N. The van der Waals surface area contributed by atoms with Crippen LogP contribution in [0, 0.1) is 5.92 Å². The molecule has 3 rings (SSSR count). The number of benzene rings is 1. The van der Waals surface area contributed by atoms with E-state index in [1.807, 2.05) is 0 Å². The fourth-order valence-corrected chi connectivity index (χ4v) is 2.58. The highest BCUT2D eigenvalue weighted by Crippen LogP contribution is 2.39. The summed E-state index contributed by atoms with van der Waals surface area (Å²) in [5.41, 5.74) is 3.14. The third-order valence-electron chi connectivity index (χ3n) is 3.20. The second-order valence-corrected chi connectivity index (χ2v) is 3.86. The first-order chi connectivity index (χ1) is 5.95. The van der Waals surface area contributed by atoms with Crippen molar-refractivity contribution < 1.29 is 0 Å². The molecule has 1 radical (unpaired) electrons. The van der Waals surface area contributed by atoms with Crippen LogP contribution in [0.2, 0.25) is 0 Å². The van der Waals surface area contributed by atoms with E-state index in [4.69, 9.17) is 0 Å². The van der Waals surface area contributed by atoms with Crippen LogP contribution in [0.5, 0.6) is 0 Å². The summed E-state index contributed by atoms with van der Waals surface area (Å²) in [6, 6.07) is 8.85. The third kappa shape index (κ3) is 0.774. The van der Waals surface area contributed by atoms with Gasteiger partial charge >= 0.3 is 0 Å². The third-order valence-corrected chi connectivity index (χ3v) is 3.20. The molecule has 1 nitrogen and oxygen atoms in total. The van der Waals surface area contributed by atoms with Crippen molar-refractivity contribution in [1.82, 2.24) is 5.32 Å². The van der Waals surface area contributed by atoms with Gasteiger partial charge in [-0.3, -0.25) is 0 Å². The van der Waals surface area contributed by atoms with Crippen molar-refractivity contribution in [2.75, 3.05) is 13.1 Å². The average molecular weight is 158 g/mol. The quantitative estimate of drug-likeness (QED) is 0.544. The van der Waals surface area contributed by atoms with Crippen LogP contribution in [0.15, 0.2) is 24.3 Å². The normalized spacial score (nSPS) is 31.7. The molecule has 1 heterocycles. The maximum atomic E-state index is 4.47. The van der Waals surface area contributed by atoms with Crippen LogP contribution in [-0.4, -0.2) is 13.1 Å². The van der Waals surface area contributed by atoms with Crippen molar-refractivity contribution in [2.24, 2.45) is 5.92 Å². The summed E-state index contributed by atoms with van der Waals surface area (Å²) in [5.74, 6) is 1.60. The van der Waals surface area contributed by atoms with Crippen LogP contribution >= 0.6 is 0 Å². The molecule has 1 fully saturated rings. The second kappa shape index (κ2) is 2.33. The first-order valence-electron chi connectivity index (χ1n) is 4.66. The van der Waals surface area contributed by atoms with Gasteiger partial charge < -0.3 is 0 Å². The highest BCUT2D eigenvalue weighted by atomic mass is 14.9. The molecular weight excluding hydrogens is 146 g/mol. The Morgan fingerprint density at radius 3 is 3.08 bits per heavy atom. The zero-order valence-corrected chi connectivity index (χ0v) is 7.03. The smallest absolute Gasteiger partial charge is 0.0205 e. The molecule has 0 bridgehead atoms. The molecule has 0 aromatic heterocycles. The van der Waals surface area contributed by atoms with Gasteiger partial charge in [0.1, 0.15) is 0 Å². The number of nitrogens with zero attached hydrogens (tertiary/aromatic N) is 1. The highest BCUT2D eigenvalue weighted by molar-refractivity contribution is 5.37. The number of hydrogen-bond acceptors (Lipinski definition) is 0. The zero-order valence-electron chi connectivity index (χ0n) is 7.03. The average Bonchev–Trinajstić information content (AvgIpc) is 2.62. The molecule has 61 valence electrons. The zero-order chi connectivity index (χ0) is 7.97. The summed E-state index contributed by atoms with van der Waals surface area (Å²) in [6.07, 6.45) is 1.27. The Balaban J connectivity index is 2.09. The topological polar surface area (TPSA) is 14.1 Å². The molecule has 1 aliphatic carbocycles. The van der Waals surface area contributed by atoms with Crippen molar-refractivity contribution in [3.8, 4) is 0 Å². The minimum atomic E-state index is 0.765. The van der Waals surface area contributed by atoms with E-state index in [-0.39, 0.29) is 0 Å². The van der Waals surface area contributed by atoms with Crippen molar-refractivity contribution in [1.29, 1.82) is 0 Å². The molecule has 2 unspecified atom stereocenters. The second-order valence-electron chi connectivity index (χ2n) is 3.86. The van der Waals surface area contributed by atoms with E-state index < -0.39 is 0 Å². The minimum Gasteiger partial charge on any atom is -0.241 e. The largest absolute Gasteiger partial charge is 0.241 e. The summed E-state index contributed by atoms with van der Waals surface area (Å²) in [6.45, 7) is 2.17. The van der Waals surface area contributed by atoms with Crippen molar-refractivity contribution in [3.63, 3.8) is 0 Å². The highest BCUT2D eigenvalue weighted by Gasteiger charge is 2.35. The maximum absolute atomic E-state index is 4.47.